The van der Waals surface area contributed by atoms with E-state index in [-0.39, 0.29) is 0 Å². The van der Waals surface area contributed by atoms with Crippen molar-refractivity contribution in [3.05, 3.63) is 35.9 Å². The van der Waals surface area contributed by atoms with Crippen LogP contribution in [0, 0.1) is 0 Å². The lowest BCUT2D eigenvalue weighted by molar-refractivity contribution is 0.0648. The van der Waals surface area contributed by atoms with Crippen molar-refractivity contribution >= 4 is 6.29 Å². The molecule has 0 spiro atoms. The summed E-state index contributed by atoms with van der Waals surface area (Å²) >= 11 is 0. The average molecular weight is 220 g/mol. The van der Waals surface area contributed by atoms with Gasteiger partial charge in [0.2, 0.25) is 6.29 Å². The van der Waals surface area contributed by atoms with Crippen LogP contribution in [0.1, 0.15) is 19.4 Å². The normalized spacial score (nSPS) is 13.4. The molecule has 1 aromatic rings. The highest BCUT2D eigenvalue weighted by Gasteiger charge is 2.16. The molecular weight excluding hydrogens is 202 g/mol. The van der Waals surface area contributed by atoms with E-state index in [0.717, 1.165) is 5.56 Å². The molecule has 2 N–H and O–H groups in total. The highest BCUT2D eigenvalue weighted by atomic mass is 16.5. The molecule has 0 unspecified atom stereocenters. The van der Waals surface area contributed by atoms with Crippen molar-refractivity contribution in [2.45, 2.75) is 31.9 Å². The number of nitrogens with two attached hydrogens (primary N) is 1. The predicted octanol–water partition coefficient (Wildman–Crippen LogP) is 1.46. The van der Waals surface area contributed by atoms with E-state index in [2.05, 4.69) is 0 Å². The van der Waals surface area contributed by atoms with Gasteiger partial charge in [-0.25, -0.2) is 0 Å². The van der Waals surface area contributed by atoms with Gasteiger partial charge in [-0.05, 0) is 19.4 Å². The molecule has 3 heteroatoms. The van der Waals surface area contributed by atoms with Gasteiger partial charge in [-0.2, -0.15) is 0 Å². The number of rotatable bonds is 6. The van der Waals surface area contributed by atoms with Gasteiger partial charge in [0.1, 0.15) is 6.10 Å². The quantitative estimate of drug-likeness (QED) is 0.789. The summed E-state index contributed by atoms with van der Waals surface area (Å²) in [5.41, 5.74) is 6.41. The first-order chi connectivity index (χ1) is 7.51. The summed E-state index contributed by atoms with van der Waals surface area (Å²) in [6.45, 7) is 4.06. The van der Waals surface area contributed by atoms with Crippen LogP contribution in [0.15, 0.2) is 30.3 Å². The van der Waals surface area contributed by atoms with Crippen molar-refractivity contribution in [1.29, 1.82) is 0 Å². The van der Waals surface area contributed by atoms with Gasteiger partial charge in [-0.15, -0.1) is 0 Å². The smallest absolute Gasteiger partial charge is 0.230 e. The summed E-state index contributed by atoms with van der Waals surface area (Å²) in [7, 11) is 0. The molecule has 1 atom stereocenters. The van der Waals surface area contributed by atoms with E-state index in [0.29, 0.717) is 13.0 Å². The maximum atomic E-state index is 10.7. The molecule has 0 aliphatic rings. The van der Waals surface area contributed by atoms with Crippen LogP contribution in [0.25, 0.3) is 0 Å². The van der Waals surface area contributed by atoms with Gasteiger partial charge >= 0.3 is 0 Å². The largest absolute Gasteiger partial charge is 0.368 e. The van der Waals surface area contributed by atoms with Crippen molar-refractivity contribution in [1.82, 2.24) is 0 Å². The van der Waals surface area contributed by atoms with E-state index in [1.165, 1.54) is 0 Å². The molecule has 16 heavy (non-hydrogen) atoms. The van der Waals surface area contributed by atoms with Crippen LogP contribution >= 0.6 is 0 Å². The van der Waals surface area contributed by atoms with E-state index < -0.39 is 11.6 Å². The van der Waals surface area contributed by atoms with Crippen LogP contribution in [0.3, 0.4) is 0 Å². The molecule has 0 aromatic heterocycles. The van der Waals surface area contributed by atoms with Gasteiger partial charge in [-0.3, -0.25) is 4.79 Å². The summed E-state index contributed by atoms with van der Waals surface area (Å²) in [6, 6.07) is 9.73. The van der Waals surface area contributed by atoms with Crippen LogP contribution in [0.4, 0.5) is 0 Å². The fraction of sp³-hybridized carbons (Fsp3) is 0.462. The molecule has 0 bridgehead atoms. The van der Waals surface area contributed by atoms with Crippen molar-refractivity contribution in [2.75, 3.05) is 6.61 Å². The third-order valence-electron chi connectivity index (χ3n) is 2.05. The Balaban J connectivity index is 2.47. The van der Waals surface area contributed by atoms with Gasteiger partial charge in [0.15, 0.2) is 0 Å². The lowest BCUT2D eigenvalue weighted by Gasteiger charge is -2.20. The van der Waals surface area contributed by atoms with Crippen LogP contribution < -0.4 is 5.73 Å². The van der Waals surface area contributed by atoms with Crippen LogP contribution in [0.2, 0.25) is 0 Å². The van der Waals surface area contributed by atoms with Crippen molar-refractivity contribution < 1.29 is 9.53 Å². The maximum absolute atomic E-state index is 10.7. The van der Waals surface area contributed by atoms with E-state index in [9.17, 15) is 4.79 Å². The van der Waals surface area contributed by atoms with Crippen LogP contribution in [0.5, 0.6) is 0 Å². The standard InChI is InChI=1S/C13H18NO2/c1-13(2,14)10-16-12(9-15)8-11-6-4-3-5-7-11/h3-7,12H,8,10,14H2,1-2H3/t12-/m0/s1. The van der Waals surface area contributed by atoms with Gasteiger partial charge in [0, 0.05) is 12.0 Å². The molecule has 0 fully saturated rings. The highest BCUT2D eigenvalue weighted by Crippen LogP contribution is 2.07. The number of ether oxygens (including phenoxy) is 1. The Morgan fingerprint density at radius 3 is 2.50 bits per heavy atom. The minimum Gasteiger partial charge on any atom is -0.368 e. The SMILES string of the molecule is CC(C)(N)CO[C@H]([C]=O)Cc1ccccc1. The molecule has 3 nitrogen and oxygen atoms in total. The zero-order valence-electron chi connectivity index (χ0n) is 9.77. The number of hydrogen-bond donors (Lipinski definition) is 1. The fourth-order valence-corrected chi connectivity index (χ4v) is 1.28. The minimum absolute atomic E-state index is 0.347. The zero-order chi connectivity index (χ0) is 12.0. The molecule has 87 valence electrons. The predicted molar refractivity (Wildman–Crippen MR) is 63.8 cm³/mol. The molecule has 0 saturated carbocycles. The third-order valence-corrected chi connectivity index (χ3v) is 2.05. The van der Waals surface area contributed by atoms with Gasteiger partial charge < -0.3 is 10.5 Å². The fourth-order valence-electron chi connectivity index (χ4n) is 1.28. The molecule has 0 saturated heterocycles. The molecule has 1 rings (SSSR count). The molecule has 0 aliphatic carbocycles. The third kappa shape index (κ3) is 5.05. The van der Waals surface area contributed by atoms with Crippen LogP contribution in [-0.4, -0.2) is 24.5 Å². The second-order valence-corrected chi connectivity index (χ2v) is 4.60. The Morgan fingerprint density at radius 2 is 2.00 bits per heavy atom. The first-order valence-electron chi connectivity index (χ1n) is 5.33. The molecule has 1 aromatic carbocycles. The first-order valence-corrected chi connectivity index (χ1v) is 5.33. The monoisotopic (exact) mass is 220 g/mol. The van der Waals surface area contributed by atoms with Gasteiger partial charge in [-0.1, -0.05) is 30.3 Å². The summed E-state index contributed by atoms with van der Waals surface area (Å²) < 4.78 is 5.41. The minimum atomic E-state index is -0.537. The molecule has 0 heterocycles. The highest BCUT2D eigenvalue weighted by molar-refractivity contribution is 5.57. The molecule has 0 amide bonds. The number of benzene rings is 1. The Hall–Kier alpha value is -1.19. The Kier molecular flexibility index (Phi) is 4.65. The summed E-state index contributed by atoms with van der Waals surface area (Å²) in [4.78, 5) is 10.7. The maximum Gasteiger partial charge on any atom is 0.230 e. The van der Waals surface area contributed by atoms with Crippen molar-refractivity contribution in [2.24, 2.45) is 5.73 Å². The lowest BCUT2D eigenvalue weighted by Crippen LogP contribution is -2.39. The van der Waals surface area contributed by atoms with E-state index in [1.54, 1.807) is 0 Å². The Labute approximate surface area is 96.6 Å². The van der Waals surface area contributed by atoms with E-state index in [1.807, 2.05) is 50.5 Å². The molecule has 0 aliphatic heterocycles. The van der Waals surface area contributed by atoms with Gasteiger partial charge in [0.25, 0.3) is 0 Å². The van der Waals surface area contributed by atoms with Crippen molar-refractivity contribution in [3.63, 3.8) is 0 Å². The molecule has 1 radical (unpaired) electrons. The van der Waals surface area contributed by atoms with Crippen LogP contribution in [-0.2, 0) is 16.0 Å². The molecular formula is C13H18NO2. The first kappa shape index (κ1) is 12.9. The number of hydrogen-bond acceptors (Lipinski definition) is 3. The summed E-state index contributed by atoms with van der Waals surface area (Å²) in [5, 5.41) is 0. The zero-order valence-corrected chi connectivity index (χ0v) is 9.77. The van der Waals surface area contributed by atoms with Gasteiger partial charge in [0.05, 0.1) is 6.61 Å². The van der Waals surface area contributed by atoms with E-state index >= 15 is 0 Å². The summed E-state index contributed by atoms with van der Waals surface area (Å²) in [5.74, 6) is 0. The lowest BCUT2D eigenvalue weighted by atomic mass is 10.1. The topological polar surface area (TPSA) is 52.3 Å². The van der Waals surface area contributed by atoms with E-state index in [4.69, 9.17) is 10.5 Å². The Morgan fingerprint density at radius 1 is 1.38 bits per heavy atom. The second-order valence-electron chi connectivity index (χ2n) is 4.60. The average Bonchev–Trinajstić information content (AvgIpc) is 2.24. The second kappa shape index (κ2) is 5.77. The van der Waals surface area contributed by atoms with Crippen molar-refractivity contribution in [3.8, 4) is 0 Å². The summed E-state index contributed by atoms with van der Waals surface area (Å²) in [6.07, 6.45) is 1.90. The number of carbonyl (C=O) groups excluding carboxylic acids is 1. The Bertz CT molecular complexity index is 316.